The quantitative estimate of drug-likeness (QED) is 0.830. The number of benzene rings is 1. The van der Waals surface area contributed by atoms with Crippen LogP contribution >= 0.6 is 15.9 Å². The van der Waals surface area contributed by atoms with Crippen LogP contribution in [-0.4, -0.2) is 12.1 Å². The molecule has 0 aromatic heterocycles. The number of fused-ring (bicyclic) bond motifs is 1. The van der Waals surface area contributed by atoms with E-state index in [1.807, 2.05) is 0 Å². The molecule has 110 valence electrons. The minimum Gasteiger partial charge on any atom is -0.487 e. The molecular weight excluding hydrogens is 314 g/mol. The summed E-state index contributed by atoms with van der Waals surface area (Å²) in [6, 6.07) is 6.87. The summed E-state index contributed by atoms with van der Waals surface area (Å²) in [5.74, 6) is 1.95. The van der Waals surface area contributed by atoms with Crippen LogP contribution in [0, 0.1) is 5.92 Å². The minimum atomic E-state index is -0.0135. The van der Waals surface area contributed by atoms with Crippen LogP contribution < -0.4 is 10.1 Å². The standard InChI is InChI=1S/C17H24BrNO/c1-3-8-19-15-11-17(2,10-12-4-5-12)20-16-9-13(18)6-7-14(15)16/h6-7,9,12,15,19H,3-5,8,10-11H2,1-2H3. The Morgan fingerprint density at radius 1 is 1.40 bits per heavy atom. The molecular formula is C17H24BrNO. The maximum atomic E-state index is 6.39. The Balaban J connectivity index is 1.85. The first-order chi connectivity index (χ1) is 9.59. The second-order valence-corrected chi connectivity index (χ2v) is 7.51. The molecule has 3 heteroatoms. The van der Waals surface area contributed by atoms with Crippen molar-refractivity contribution < 1.29 is 4.74 Å². The molecule has 2 unspecified atom stereocenters. The zero-order chi connectivity index (χ0) is 14.2. The smallest absolute Gasteiger partial charge is 0.126 e. The third kappa shape index (κ3) is 3.20. The van der Waals surface area contributed by atoms with Crippen LogP contribution in [0.2, 0.25) is 0 Å². The van der Waals surface area contributed by atoms with E-state index in [1.165, 1.54) is 31.2 Å². The van der Waals surface area contributed by atoms with Crippen molar-refractivity contribution in [1.82, 2.24) is 5.32 Å². The van der Waals surface area contributed by atoms with Gasteiger partial charge in [0.25, 0.3) is 0 Å². The Hall–Kier alpha value is -0.540. The summed E-state index contributed by atoms with van der Waals surface area (Å²) in [7, 11) is 0. The molecule has 2 nitrogen and oxygen atoms in total. The lowest BCUT2D eigenvalue weighted by Crippen LogP contribution is -2.42. The molecule has 1 N–H and O–H groups in total. The third-order valence-electron chi connectivity index (χ3n) is 4.40. The molecule has 1 aromatic rings. The largest absolute Gasteiger partial charge is 0.487 e. The van der Waals surface area contributed by atoms with Crippen LogP contribution in [0.25, 0.3) is 0 Å². The molecule has 1 heterocycles. The minimum absolute atomic E-state index is 0.0135. The Morgan fingerprint density at radius 3 is 2.90 bits per heavy atom. The van der Waals surface area contributed by atoms with Crippen molar-refractivity contribution in [2.75, 3.05) is 6.54 Å². The monoisotopic (exact) mass is 337 g/mol. The van der Waals surface area contributed by atoms with E-state index in [1.54, 1.807) is 0 Å². The average molecular weight is 338 g/mol. The molecule has 1 saturated carbocycles. The van der Waals surface area contributed by atoms with Crippen LogP contribution in [0.4, 0.5) is 0 Å². The van der Waals surface area contributed by atoms with Crippen molar-refractivity contribution >= 4 is 15.9 Å². The number of hydrogen-bond acceptors (Lipinski definition) is 2. The number of hydrogen-bond donors (Lipinski definition) is 1. The van der Waals surface area contributed by atoms with Gasteiger partial charge in [-0.1, -0.05) is 41.8 Å². The Labute approximate surface area is 130 Å². The first-order valence-electron chi connectivity index (χ1n) is 7.81. The molecule has 0 radical (unpaired) electrons. The second kappa shape index (κ2) is 5.69. The van der Waals surface area contributed by atoms with E-state index in [0.29, 0.717) is 6.04 Å². The lowest BCUT2D eigenvalue weighted by Gasteiger charge is -2.40. The molecule has 0 bridgehead atoms. The number of ether oxygens (including phenoxy) is 1. The summed E-state index contributed by atoms with van der Waals surface area (Å²) in [5, 5.41) is 3.70. The molecule has 1 aliphatic heterocycles. The lowest BCUT2D eigenvalue weighted by atomic mass is 9.85. The highest BCUT2D eigenvalue weighted by Crippen LogP contribution is 2.46. The van der Waals surface area contributed by atoms with E-state index >= 15 is 0 Å². The summed E-state index contributed by atoms with van der Waals surface area (Å²) in [4.78, 5) is 0. The highest BCUT2D eigenvalue weighted by atomic mass is 79.9. The van der Waals surface area contributed by atoms with Crippen molar-refractivity contribution in [3.05, 3.63) is 28.2 Å². The summed E-state index contributed by atoms with van der Waals surface area (Å²) in [6.45, 7) is 5.58. The highest BCUT2D eigenvalue weighted by Gasteiger charge is 2.41. The third-order valence-corrected chi connectivity index (χ3v) is 4.89. The number of nitrogens with one attached hydrogen (secondary N) is 1. The van der Waals surface area contributed by atoms with Crippen molar-refractivity contribution in [3.8, 4) is 5.75 Å². The molecule has 1 fully saturated rings. The van der Waals surface area contributed by atoms with Gasteiger partial charge in [-0.2, -0.15) is 0 Å². The van der Waals surface area contributed by atoms with Gasteiger partial charge in [0.2, 0.25) is 0 Å². The van der Waals surface area contributed by atoms with Crippen LogP contribution in [-0.2, 0) is 0 Å². The molecule has 0 saturated heterocycles. The predicted molar refractivity (Wildman–Crippen MR) is 86.2 cm³/mol. The van der Waals surface area contributed by atoms with Gasteiger partial charge in [-0.05, 0) is 44.4 Å². The van der Waals surface area contributed by atoms with E-state index in [0.717, 1.165) is 29.1 Å². The van der Waals surface area contributed by atoms with E-state index in [2.05, 4.69) is 53.3 Å². The van der Waals surface area contributed by atoms with Crippen molar-refractivity contribution in [2.45, 2.75) is 57.6 Å². The molecule has 1 aromatic carbocycles. The molecule has 2 aliphatic rings. The van der Waals surface area contributed by atoms with Crippen LogP contribution in [0.3, 0.4) is 0 Å². The molecule has 3 rings (SSSR count). The highest BCUT2D eigenvalue weighted by molar-refractivity contribution is 9.10. The van der Waals surface area contributed by atoms with E-state index in [-0.39, 0.29) is 5.60 Å². The van der Waals surface area contributed by atoms with Gasteiger partial charge in [0.05, 0.1) is 0 Å². The Morgan fingerprint density at radius 2 is 2.20 bits per heavy atom. The Kier molecular flexibility index (Phi) is 4.09. The SMILES string of the molecule is CCCNC1CC(C)(CC2CC2)Oc2cc(Br)ccc21. The van der Waals surface area contributed by atoms with Crippen LogP contribution in [0.5, 0.6) is 5.75 Å². The maximum Gasteiger partial charge on any atom is 0.126 e. The molecule has 0 amide bonds. The average Bonchev–Trinajstić information content (AvgIpc) is 3.18. The molecule has 1 aliphatic carbocycles. The van der Waals surface area contributed by atoms with Crippen molar-refractivity contribution in [2.24, 2.45) is 5.92 Å². The van der Waals surface area contributed by atoms with Gasteiger partial charge in [-0.25, -0.2) is 0 Å². The van der Waals surface area contributed by atoms with E-state index in [9.17, 15) is 0 Å². The summed E-state index contributed by atoms with van der Waals surface area (Å²) in [5.41, 5.74) is 1.30. The number of rotatable bonds is 5. The Bertz CT molecular complexity index is 486. The topological polar surface area (TPSA) is 21.3 Å². The normalized spacial score (nSPS) is 28.9. The van der Waals surface area contributed by atoms with Crippen molar-refractivity contribution in [1.29, 1.82) is 0 Å². The van der Waals surface area contributed by atoms with Gasteiger partial charge in [0, 0.05) is 22.5 Å². The van der Waals surface area contributed by atoms with Gasteiger partial charge in [0.15, 0.2) is 0 Å². The summed E-state index contributed by atoms with van der Waals surface area (Å²) >= 11 is 3.56. The van der Waals surface area contributed by atoms with Gasteiger partial charge in [-0.15, -0.1) is 0 Å². The number of halogens is 1. The zero-order valence-electron chi connectivity index (χ0n) is 12.4. The van der Waals surface area contributed by atoms with Crippen LogP contribution in [0.15, 0.2) is 22.7 Å². The lowest BCUT2D eigenvalue weighted by molar-refractivity contribution is 0.0345. The summed E-state index contributed by atoms with van der Waals surface area (Å²) in [6.07, 6.45) is 6.22. The fraction of sp³-hybridized carbons (Fsp3) is 0.647. The van der Waals surface area contributed by atoms with Gasteiger partial charge in [-0.3, -0.25) is 0 Å². The second-order valence-electron chi connectivity index (χ2n) is 6.59. The molecule has 0 spiro atoms. The molecule has 2 atom stereocenters. The van der Waals surface area contributed by atoms with Gasteiger partial charge < -0.3 is 10.1 Å². The predicted octanol–water partition coefficient (Wildman–Crippen LogP) is 4.83. The first-order valence-corrected chi connectivity index (χ1v) is 8.61. The van der Waals surface area contributed by atoms with Crippen LogP contribution in [0.1, 0.15) is 57.6 Å². The van der Waals surface area contributed by atoms with E-state index in [4.69, 9.17) is 4.74 Å². The maximum absolute atomic E-state index is 6.39. The fourth-order valence-electron chi connectivity index (χ4n) is 3.29. The van der Waals surface area contributed by atoms with Crippen molar-refractivity contribution in [3.63, 3.8) is 0 Å². The summed E-state index contributed by atoms with van der Waals surface area (Å²) < 4.78 is 7.49. The van der Waals surface area contributed by atoms with E-state index < -0.39 is 0 Å². The van der Waals surface area contributed by atoms with Gasteiger partial charge >= 0.3 is 0 Å². The fourth-order valence-corrected chi connectivity index (χ4v) is 3.63. The zero-order valence-corrected chi connectivity index (χ0v) is 14.0. The molecule has 20 heavy (non-hydrogen) atoms. The first kappa shape index (κ1) is 14.4. The van der Waals surface area contributed by atoms with Gasteiger partial charge in [0.1, 0.15) is 11.4 Å².